The molecule has 6 amide bonds. The van der Waals surface area contributed by atoms with Crippen LogP contribution in [0, 0.1) is 11.8 Å². The highest BCUT2D eigenvalue weighted by Crippen LogP contribution is 2.32. The van der Waals surface area contributed by atoms with Gasteiger partial charge in [0.1, 0.15) is 11.6 Å². The molecule has 2 atom stereocenters. The maximum atomic E-state index is 13.1. The highest BCUT2D eigenvalue weighted by molar-refractivity contribution is 5.90. The molecule has 2 unspecified atom stereocenters. The van der Waals surface area contributed by atoms with Crippen LogP contribution in [0.3, 0.4) is 0 Å². The molecule has 46 heavy (non-hydrogen) atoms. The minimum absolute atomic E-state index is 0.0390. The van der Waals surface area contributed by atoms with Gasteiger partial charge in [-0.2, -0.15) is 9.97 Å². The zero-order valence-electron chi connectivity index (χ0n) is 27.0. The molecule has 2 aliphatic rings. The molecule has 4 rings (SSSR count). The largest absolute Gasteiger partial charge is 0.481 e. The Kier molecular flexibility index (Phi) is 12.3. The SMILES string of the molecule is COc1nc(NC(=O)N2CC3CN(C(=O)Nc4ccc(CNCCNC(C)=O)c(OC)n4)CC3C2)ccc1CCCCNC(C)=O. The molecule has 0 saturated carbocycles. The van der Waals surface area contributed by atoms with Crippen LogP contribution in [-0.2, 0) is 22.6 Å². The van der Waals surface area contributed by atoms with Gasteiger partial charge in [-0.25, -0.2) is 9.59 Å². The lowest BCUT2D eigenvalue weighted by atomic mass is 10.0. The maximum absolute atomic E-state index is 13.1. The van der Waals surface area contributed by atoms with Gasteiger partial charge in [-0.15, -0.1) is 0 Å². The summed E-state index contributed by atoms with van der Waals surface area (Å²) in [5.41, 5.74) is 1.77. The number of rotatable bonds is 14. The number of carbonyl (C=O) groups is 4. The minimum atomic E-state index is -0.243. The lowest BCUT2D eigenvalue weighted by molar-refractivity contribution is -0.119. The van der Waals surface area contributed by atoms with Crippen molar-refractivity contribution >= 4 is 35.5 Å². The van der Waals surface area contributed by atoms with Crippen molar-refractivity contribution in [2.75, 3.05) is 70.7 Å². The number of aryl methyl sites for hydroxylation is 1. The Balaban J connectivity index is 1.22. The van der Waals surface area contributed by atoms with E-state index in [0.717, 1.165) is 30.4 Å². The molecule has 15 heteroatoms. The van der Waals surface area contributed by atoms with Crippen LogP contribution in [0.4, 0.5) is 21.2 Å². The Morgan fingerprint density at radius 2 is 1.22 bits per heavy atom. The Morgan fingerprint density at radius 1 is 0.717 bits per heavy atom. The molecule has 0 aromatic carbocycles. The number of hydrogen-bond acceptors (Lipinski definition) is 9. The quantitative estimate of drug-likeness (QED) is 0.193. The molecule has 2 aromatic rings. The third-order valence-corrected chi connectivity index (χ3v) is 8.03. The van der Waals surface area contributed by atoms with Crippen molar-refractivity contribution in [2.45, 2.75) is 39.7 Å². The molecule has 4 heterocycles. The molecule has 0 bridgehead atoms. The van der Waals surface area contributed by atoms with Gasteiger partial charge in [0.2, 0.25) is 23.6 Å². The van der Waals surface area contributed by atoms with E-state index in [1.54, 1.807) is 29.0 Å². The number of ether oxygens (including phenoxy) is 2. The first-order valence-corrected chi connectivity index (χ1v) is 15.6. The van der Waals surface area contributed by atoms with Crippen LogP contribution in [0.25, 0.3) is 0 Å². The molecule has 2 fully saturated rings. The zero-order valence-corrected chi connectivity index (χ0v) is 27.0. The van der Waals surface area contributed by atoms with Crippen molar-refractivity contribution in [1.29, 1.82) is 0 Å². The van der Waals surface area contributed by atoms with Crippen molar-refractivity contribution in [3.8, 4) is 11.8 Å². The summed E-state index contributed by atoms with van der Waals surface area (Å²) in [6, 6.07) is 6.78. The Labute approximate surface area is 269 Å². The van der Waals surface area contributed by atoms with Gasteiger partial charge in [0.05, 0.1) is 14.2 Å². The Hall–Kier alpha value is -4.66. The van der Waals surface area contributed by atoms with E-state index in [-0.39, 0.29) is 35.7 Å². The van der Waals surface area contributed by atoms with Gasteiger partial charge >= 0.3 is 12.1 Å². The van der Waals surface area contributed by atoms with E-state index in [1.807, 2.05) is 12.1 Å². The van der Waals surface area contributed by atoms with Crippen LogP contribution >= 0.6 is 0 Å². The third-order valence-electron chi connectivity index (χ3n) is 8.03. The highest BCUT2D eigenvalue weighted by atomic mass is 16.5. The van der Waals surface area contributed by atoms with Crippen LogP contribution < -0.4 is 36.1 Å². The van der Waals surface area contributed by atoms with E-state index >= 15 is 0 Å². The van der Waals surface area contributed by atoms with E-state index in [4.69, 9.17) is 9.47 Å². The molecule has 0 radical (unpaired) electrons. The molecular formula is C31H45N9O6. The number of pyridine rings is 2. The number of fused-ring (bicyclic) bond motifs is 1. The molecule has 2 saturated heterocycles. The smallest absolute Gasteiger partial charge is 0.323 e. The lowest BCUT2D eigenvalue weighted by Crippen LogP contribution is -2.39. The van der Waals surface area contributed by atoms with Gasteiger partial charge < -0.3 is 35.2 Å². The molecular weight excluding hydrogens is 594 g/mol. The van der Waals surface area contributed by atoms with E-state index in [0.29, 0.717) is 75.8 Å². The van der Waals surface area contributed by atoms with Gasteiger partial charge in [-0.3, -0.25) is 20.2 Å². The van der Waals surface area contributed by atoms with Gasteiger partial charge in [0.15, 0.2) is 0 Å². The number of likely N-dealkylation sites (tertiary alicyclic amines) is 2. The number of hydrogen-bond donors (Lipinski definition) is 5. The van der Waals surface area contributed by atoms with Gasteiger partial charge in [0, 0.05) is 89.2 Å². The molecule has 250 valence electrons. The second-order valence-corrected chi connectivity index (χ2v) is 11.5. The predicted octanol–water partition coefficient (Wildman–Crippen LogP) is 1.81. The number of methoxy groups -OCH3 is 2. The maximum Gasteiger partial charge on any atom is 0.323 e. The molecule has 15 nitrogen and oxygen atoms in total. The van der Waals surface area contributed by atoms with E-state index in [9.17, 15) is 19.2 Å². The van der Waals surface area contributed by atoms with Crippen molar-refractivity contribution in [3.63, 3.8) is 0 Å². The molecule has 2 aliphatic heterocycles. The average Bonchev–Trinajstić information content (AvgIpc) is 3.62. The number of unbranched alkanes of at least 4 members (excludes halogenated alkanes) is 1. The highest BCUT2D eigenvalue weighted by Gasteiger charge is 2.43. The summed E-state index contributed by atoms with van der Waals surface area (Å²) in [5, 5.41) is 14.5. The van der Waals surface area contributed by atoms with Crippen molar-refractivity contribution in [3.05, 3.63) is 35.4 Å². The lowest BCUT2D eigenvalue weighted by Gasteiger charge is -2.22. The first kappa shape index (κ1) is 34.2. The zero-order chi connectivity index (χ0) is 33.1. The first-order valence-electron chi connectivity index (χ1n) is 15.6. The van der Waals surface area contributed by atoms with Crippen LogP contribution in [0.5, 0.6) is 11.8 Å². The van der Waals surface area contributed by atoms with Gasteiger partial charge in [-0.1, -0.05) is 0 Å². The van der Waals surface area contributed by atoms with E-state index in [2.05, 4.69) is 36.6 Å². The van der Waals surface area contributed by atoms with E-state index in [1.165, 1.54) is 21.0 Å². The van der Waals surface area contributed by atoms with Crippen LogP contribution in [0.1, 0.15) is 37.8 Å². The Morgan fingerprint density at radius 3 is 1.74 bits per heavy atom. The second-order valence-electron chi connectivity index (χ2n) is 11.5. The summed E-state index contributed by atoms with van der Waals surface area (Å²) in [6.07, 6.45) is 2.46. The van der Waals surface area contributed by atoms with E-state index < -0.39 is 0 Å². The number of aromatic nitrogens is 2. The van der Waals surface area contributed by atoms with Crippen molar-refractivity contribution < 1.29 is 28.7 Å². The van der Waals surface area contributed by atoms with Crippen molar-refractivity contribution in [2.24, 2.45) is 11.8 Å². The fourth-order valence-corrected chi connectivity index (χ4v) is 5.71. The molecule has 5 N–H and O–H groups in total. The summed E-state index contributed by atoms with van der Waals surface area (Å²) in [6.45, 7) is 7.38. The van der Waals surface area contributed by atoms with Crippen LogP contribution in [-0.4, -0.2) is 104 Å². The number of anilines is 2. The summed E-state index contributed by atoms with van der Waals surface area (Å²) >= 11 is 0. The molecule has 2 aromatic heterocycles. The van der Waals surface area contributed by atoms with Crippen molar-refractivity contribution in [1.82, 2.24) is 35.7 Å². The predicted molar refractivity (Wildman–Crippen MR) is 172 cm³/mol. The number of carbonyl (C=O) groups excluding carboxylic acids is 4. The average molecular weight is 640 g/mol. The van der Waals surface area contributed by atoms with Crippen LogP contribution in [0.2, 0.25) is 0 Å². The fourth-order valence-electron chi connectivity index (χ4n) is 5.71. The van der Waals surface area contributed by atoms with Gasteiger partial charge in [-0.05, 0) is 43.5 Å². The Bertz CT molecular complexity index is 1270. The topological polar surface area (TPSA) is 179 Å². The number of amides is 6. The molecule has 0 spiro atoms. The number of nitrogens with one attached hydrogen (secondary N) is 5. The van der Waals surface area contributed by atoms with Crippen LogP contribution in [0.15, 0.2) is 24.3 Å². The first-order chi connectivity index (χ1) is 22.2. The third kappa shape index (κ3) is 9.67. The monoisotopic (exact) mass is 639 g/mol. The minimum Gasteiger partial charge on any atom is -0.481 e. The summed E-state index contributed by atoms with van der Waals surface area (Å²) in [5.74, 6) is 1.91. The number of urea groups is 2. The fraction of sp³-hybridized carbons (Fsp3) is 0.548. The summed E-state index contributed by atoms with van der Waals surface area (Å²) < 4.78 is 10.9. The number of nitrogens with zero attached hydrogens (tertiary/aromatic N) is 4. The van der Waals surface area contributed by atoms with Gasteiger partial charge in [0.25, 0.3) is 0 Å². The normalized spacial score (nSPS) is 16.9. The summed E-state index contributed by atoms with van der Waals surface area (Å²) in [7, 11) is 3.08. The molecule has 0 aliphatic carbocycles. The second kappa shape index (κ2) is 16.6. The summed E-state index contributed by atoms with van der Waals surface area (Å²) in [4.78, 5) is 60.6. The standard InChI is InChI=1S/C31H45N9O6/c1-20(41)33-12-6-5-7-22-8-10-26(35-28(22)45-3)37-30(43)39-16-24-18-40(19-25(24)17-39)31(44)38-27-11-9-23(29(36-27)46-4)15-32-13-14-34-21(2)42/h8-11,24-25,32H,5-7,12-19H2,1-4H3,(H,33,41)(H,34,42)(H,35,37,43)(H,36,38,44).